The van der Waals surface area contributed by atoms with Gasteiger partial charge in [-0.1, -0.05) is 17.3 Å². The van der Waals surface area contributed by atoms with Crippen molar-refractivity contribution in [2.75, 3.05) is 20.2 Å². The fourth-order valence-electron chi connectivity index (χ4n) is 3.19. The van der Waals surface area contributed by atoms with E-state index in [0.717, 1.165) is 31.1 Å². The van der Waals surface area contributed by atoms with E-state index in [0.29, 0.717) is 6.61 Å². The zero-order chi connectivity index (χ0) is 14.2. The summed E-state index contributed by atoms with van der Waals surface area (Å²) in [5.74, 6) is 0.893. The lowest BCUT2D eigenvalue weighted by atomic mass is 10.2. The first-order valence-electron chi connectivity index (χ1n) is 7.19. The van der Waals surface area contributed by atoms with Crippen LogP contribution < -0.4 is 4.74 Å². The molecule has 1 fully saturated rings. The van der Waals surface area contributed by atoms with Gasteiger partial charge in [0.1, 0.15) is 5.75 Å². The van der Waals surface area contributed by atoms with Crippen LogP contribution in [0.1, 0.15) is 17.3 Å². The van der Waals surface area contributed by atoms with Crippen molar-refractivity contribution >= 4 is 0 Å². The number of fused-ring (bicyclic) bond motifs is 3. The number of likely N-dealkylation sites (tertiary alicyclic amines) is 1. The largest absolute Gasteiger partial charge is 0.497 e. The lowest BCUT2D eigenvalue weighted by Crippen LogP contribution is -2.32. The van der Waals surface area contributed by atoms with Crippen molar-refractivity contribution < 1.29 is 9.47 Å². The Morgan fingerprint density at radius 1 is 1.29 bits per heavy atom. The summed E-state index contributed by atoms with van der Waals surface area (Å²) < 4.78 is 13.2. The summed E-state index contributed by atoms with van der Waals surface area (Å²) in [6, 6.07) is 8.52. The normalized spacial score (nSPS) is 24.6. The quantitative estimate of drug-likeness (QED) is 0.850. The molecular formula is C15H18N4O2. The van der Waals surface area contributed by atoms with Gasteiger partial charge in [0.15, 0.2) is 0 Å². The molecular weight excluding hydrogens is 268 g/mol. The Morgan fingerprint density at radius 3 is 2.95 bits per heavy atom. The van der Waals surface area contributed by atoms with Crippen LogP contribution in [0.15, 0.2) is 30.5 Å². The molecule has 2 aromatic rings. The van der Waals surface area contributed by atoms with Gasteiger partial charge in [0, 0.05) is 19.6 Å². The topological polar surface area (TPSA) is 52.4 Å². The molecule has 0 amide bonds. The summed E-state index contributed by atoms with van der Waals surface area (Å²) in [5, 5.41) is 8.20. The van der Waals surface area contributed by atoms with Gasteiger partial charge in [-0.3, -0.25) is 4.90 Å². The Kier molecular flexibility index (Phi) is 3.12. The van der Waals surface area contributed by atoms with Crippen LogP contribution in [-0.2, 0) is 17.9 Å². The molecule has 1 saturated heterocycles. The molecule has 3 heterocycles. The first-order valence-corrected chi connectivity index (χ1v) is 7.19. The number of hydrogen-bond acceptors (Lipinski definition) is 5. The number of ether oxygens (including phenoxy) is 2. The van der Waals surface area contributed by atoms with Crippen molar-refractivity contribution in [1.82, 2.24) is 19.9 Å². The van der Waals surface area contributed by atoms with Crippen LogP contribution in [0.4, 0.5) is 0 Å². The second-order valence-corrected chi connectivity index (χ2v) is 5.63. The Bertz CT molecular complexity index is 625. The van der Waals surface area contributed by atoms with Crippen LogP contribution in [0.25, 0.3) is 0 Å². The highest BCUT2D eigenvalue weighted by atomic mass is 16.5. The van der Waals surface area contributed by atoms with Gasteiger partial charge in [-0.15, -0.1) is 5.10 Å². The third kappa shape index (κ3) is 2.30. The lowest BCUT2D eigenvalue weighted by Gasteiger charge is -2.25. The van der Waals surface area contributed by atoms with Crippen molar-refractivity contribution in [3.05, 3.63) is 41.7 Å². The minimum absolute atomic E-state index is 0.220. The van der Waals surface area contributed by atoms with E-state index in [9.17, 15) is 0 Å². The third-order valence-corrected chi connectivity index (χ3v) is 4.29. The molecule has 0 radical (unpaired) electrons. The van der Waals surface area contributed by atoms with Crippen molar-refractivity contribution in [2.24, 2.45) is 0 Å². The standard InChI is InChI=1S/C15H18N4O2/c1-20-13-4-2-11(3-5-13)7-18-8-14-15(9-18)21-10-12-6-16-17-19(12)14/h2-6,14-15H,7-10H2,1H3/t14-,15-/m1/s1. The second kappa shape index (κ2) is 5.13. The van der Waals surface area contributed by atoms with Crippen molar-refractivity contribution in [1.29, 1.82) is 0 Å². The van der Waals surface area contributed by atoms with E-state index < -0.39 is 0 Å². The van der Waals surface area contributed by atoms with Crippen LogP contribution in [0, 0.1) is 0 Å². The molecule has 0 bridgehead atoms. The second-order valence-electron chi connectivity index (χ2n) is 5.63. The van der Waals surface area contributed by atoms with E-state index in [-0.39, 0.29) is 12.1 Å². The number of methoxy groups -OCH3 is 1. The summed E-state index contributed by atoms with van der Waals surface area (Å²) in [6.45, 7) is 3.43. The first kappa shape index (κ1) is 12.8. The van der Waals surface area contributed by atoms with Crippen molar-refractivity contribution in [3.8, 4) is 5.75 Å². The molecule has 21 heavy (non-hydrogen) atoms. The van der Waals surface area contributed by atoms with Gasteiger partial charge in [0.25, 0.3) is 0 Å². The number of benzene rings is 1. The van der Waals surface area contributed by atoms with E-state index in [2.05, 4.69) is 27.3 Å². The highest BCUT2D eigenvalue weighted by Gasteiger charge is 2.39. The predicted octanol–water partition coefficient (Wildman–Crippen LogP) is 1.24. The highest BCUT2D eigenvalue weighted by Crippen LogP contribution is 2.30. The molecule has 1 aromatic carbocycles. The van der Waals surface area contributed by atoms with E-state index in [1.165, 1.54) is 5.56 Å². The maximum Gasteiger partial charge on any atom is 0.118 e. The summed E-state index contributed by atoms with van der Waals surface area (Å²) in [6.07, 6.45) is 2.01. The number of nitrogens with zero attached hydrogens (tertiary/aromatic N) is 4. The van der Waals surface area contributed by atoms with E-state index in [4.69, 9.17) is 9.47 Å². The van der Waals surface area contributed by atoms with Gasteiger partial charge in [0.05, 0.1) is 37.8 Å². The van der Waals surface area contributed by atoms with Crippen LogP contribution in [-0.4, -0.2) is 46.2 Å². The average Bonchev–Trinajstić information content (AvgIpc) is 3.12. The first-order chi connectivity index (χ1) is 10.3. The molecule has 0 spiro atoms. The molecule has 4 rings (SSSR count). The summed E-state index contributed by atoms with van der Waals surface area (Å²) in [4.78, 5) is 2.41. The highest BCUT2D eigenvalue weighted by molar-refractivity contribution is 5.27. The fourth-order valence-corrected chi connectivity index (χ4v) is 3.19. The van der Waals surface area contributed by atoms with Gasteiger partial charge in [-0.25, -0.2) is 4.68 Å². The molecule has 2 aliphatic heterocycles. The SMILES string of the molecule is COc1ccc(CN2C[C@@H]3[C@@H](C2)OCc2cnnn23)cc1. The zero-order valence-corrected chi connectivity index (χ0v) is 12.0. The van der Waals surface area contributed by atoms with Gasteiger partial charge >= 0.3 is 0 Å². The number of hydrogen-bond donors (Lipinski definition) is 0. The predicted molar refractivity (Wildman–Crippen MR) is 75.9 cm³/mol. The monoisotopic (exact) mass is 286 g/mol. The number of aromatic nitrogens is 3. The Hall–Kier alpha value is -1.92. The Labute approximate surface area is 123 Å². The maximum absolute atomic E-state index is 5.93. The van der Waals surface area contributed by atoms with Gasteiger partial charge in [-0.2, -0.15) is 0 Å². The van der Waals surface area contributed by atoms with Crippen molar-refractivity contribution in [2.45, 2.75) is 25.3 Å². The molecule has 2 atom stereocenters. The summed E-state index contributed by atoms with van der Waals surface area (Å²) >= 11 is 0. The van der Waals surface area contributed by atoms with Gasteiger partial charge in [-0.05, 0) is 17.7 Å². The fraction of sp³-hybridized carbons (Fsp3) is 0.467. The Morgan fingerprint density at radius 2 is 2.14 bits per heavy atom. The molecule has 0 saturated carbocycles. The molecule has 0 N–H and O–H groups in total. The average molecular weight is 286 g/mol. The smallest absolute Gasteiger partial charge is 0.118 e. The molecule has 6 heteroatoms. The van der Waals surface area contributed by atoms with E-state index in [1.54, 1.807) is 13.3 Å². The summed E-state index contributed by atoms with van der Waals surface area (Å²) in [5.41, 5.74) is 2.36. The molecule has 1 aromatic heterocycles. The van der Waals surface area contributed by atoms with E-state index in [1.807, 2.05) is 16.8 Å². The maximum atomic E-state index is 5.93. The third-order valence-electron chi connectivity index (χ3n) is 4.29. The Balaban J connectivity index is 1.47. The van der Waals surface area contributed by atoms with Gasteiger partial charge < -0.3 is 9.47 Å². The zero-order valence-electron chi connectivity index (χ0n) is 12.0. The minimum atomic E-state index is 0.220. The van der Waals surface area contributed by atoms with Crippen LogP contribution in [0.5, 0.6) is 5.75 Å². The molecule has 110 valence electrons. The molecule has 0 aliphatic carbocycles. The summed E-state index contributed by atoms with van der Waals surface area (Å²) in [7, 11) is 1.69. The molecule has 0 unspecified atom stereocenters. The van der Waals surface area contributed by atoms with E-state index >= 15 is 0 Å². The van der Waals surface area contributed by atoms with Crippen molar-refractivity contribution in [3.63, 3.8) is 0 Å². The number of rotatable bonds is 3. The molecule has 6 nitrogen and oxygen atoms in total. The van der Waals surface area contributed by atoms with Crippen LogP contribution >= 0.6 is 0 Å². The lowest BCUT2D eigenvalue weighted by molar-refractivity contribution is -0.00521. The van der Waals surface area contributed by atoms with Gasteiger partial charge in [0.2, 0.25) is 0 Å². The minimum Gasteiger partial charge on any atom is -0.497 e. The molecule has 2 aliphatic rings. The van der Waals surface area contributed by atoms with Crippen LogP contribution in [0.3, 0.4) is 0 Å². The van der Waals surface area contributed by atoms with Crippen LogP contribution in [0.2, 0.25) is 0 Å².